The molecule has 1 unspecified atom stereocenters. The number of aliphatic hydroxyl groups is 4. The highest BCUT2D eigenvalue weighted by atomic mass is 16.3. The number of aliphatic hydroxyl groups excluding tert-OH is 4. The summed E-state index contributed by atoms with van der Waals surface area (Å²) < 4.78 is 0. The molecule has 0 saturated heterocycles. The molecule has 0 fully saturated rings. The van der Waals surface area contributed by atoms with E-state index in [1.54, 1.807) is 91.0 Å². The second-order valence-corrected chi connectivity index (χ2v) is 10.3. The molecular formula is C33H35N5O7. The molecule has 0 aliphatic carbocycles. The third kappa shape index (κ3) is 9.24. The minimum absolute atomic E-state index is 0.0103. The van der Waals surface area contributed by atoms with Crippen molar-refractivity contribution in [1.29, 1.82) is 0 Å². The first kappa shape index (κ1) is 32.9. The lowest BCUT2D eigenvalue weighted by atomic mass is 10.0. The predicted octanol–water partition coefficient (Wildman–Crippen LogP) is 0.794. The number of rotatable bonds is 14. The molecule has 1 aromatic heterocycles. The van der Waals surface area contributed by atoms with Crippen LogP contribution in [0.25, 0.3) is 0 Å². The highest BCUT2D eigenvalue weighted by molar-refractivity contribution is 5.95. The van der Waals surface area contributed by atoms with Crippen LogP contribution in [0.15, 0.2) is 103 Å². The molecular weight excluding hydrogens is 578 g/mol. The van der Waals surface area contributed by atoms with Gasteiger partial charge in [0.1, 0.15) is 6.10 Å². The Kier molecular flexibility index (Phi) is 11.8. The van der Waals surface area contributed by atoms with Crippen molar-refractivity contribution in [2.24, 2.45) is 0 Å². The van der Waals surface area contributed by atoms with E-state index in [1.807, 2.05) is 0 Å². The maximum absolute atomic E-state index is 13.0. The van der Waals surface area contributed by atoms with E-state index in [0.717, 1.165) is 0 Å². The molecule has 0 bridgehead atoms. The minimum atomic E-state index is -1.54. The van der Waals surface area contributed by atoms with Gasteiger partial charge < -0.3 is 36.4 Å². The quantitative estimate of drug-likeness (QED) is 0.108. The van der Waals surface area contributed by atoms with Crippen LogP contribution < -0.4 is 16.0 Å². The topological polar surface area (TPSA) is 194 Å². The van der Waals surface area contributed by atoms with Crippen molar-refractivity contribution < 1.29 is 34.8 Å². The third-order valence-electron chi connectivity index (χ3n) is 7.06. The highest BCUT2D eigenvalue weighted by Crippen LogP contribution is 2.18. The second kappa shape index (κ2) is 16.2. The summed E-state index contributed by atoms with van der Waals surface area (Å²) in [5, 5.41) is 50.5. The van der Waals surface area contributed by atoms with Gasteiger partial charge >= 0.3 is 0 Å². The fourth-order valence-corrected chi connectivity index (χ4v) is 4.49. The van der Waals surface area contributed by atoms with Crippen LogP contribution in [0, 0.1) is 0 Å². The number of aromatic nitrogens is 2. The Morgan fingerprint density at radius 2 is 1.16 bits per heavy atom. The first-order chi connectivity index (χ1) is 21.8. The average Bonchev–Trinajstić information content (AvgIpc) is 3.09. The van der Waals surface area contributed by atoms with E-state index in [-0.39, 0.29) is 18.7 Å². The smallest absolute Gasteiger partial charge is 0.251 e. The first-order valence-corrected chi connectivity index (χ1v) is 14.3. The van der Waals surface area contributed by atoms with Gasteiger partial charge in [0.05, 0.1) is 48.5 Å². The van der Waals surface area contributed by atoms with Crippen molar-refractivity contribution in [3.8, 4) is 0 Å². The Balaban J connectivity index is 1.44. The Morgan fingerprint density at radius 1 is 0.644 bits per heavy atom. The number of nitrogens with zero attached hydrogens (tertiary/aromatic N) is 2. The van der Waals surface area contributed by atoms with Gasteiger partial charge in [0.25, 0.3) is 17.7 Å². The molecule has 5 atom stereocenters. The molecule has 45 heavy (non-hydrogen) atoms. The van der Waals surface area contributed by atoms with Crippen LogP contribution in [0.2, 0.25) is 0 Å². The van der Waals surface area contributed by atoms with Crippen molar-refractivity contribution in [2.45, 2.75) is 36.8 Å². The van der Waals surface area contributed by atoms with E-state index >= 15 is 0 Å². The summed E-state index contributed by atoms with van der Waals surface area (Å²) in [6.07, 6.45) is -1.72. The van der Waals surface area contributed by atoms with Crippen LogP contribution in [0.4, 0.5) is 0 Å². The number of hydrogen-bond donors (Lipinski definition) is 7. The molecule has 1 heterocycles. The molecule has 3 aromatic carbocycles. The van der Waals surface area contributed by atoms with E-state index in [2.05, 4.69) is 25.9 Å². The normalized spacial score (nSPS) is 14.3. The summed E-state index contributed by atoms with van der Waals surface area (Å²) in [5.41, 5.74) is 1.35. The summed E-state index contributed by atoms with van der Waals surface area (Å²) in [6.45, 7) is -0.815. The third-order valence-corrected chi connectivity index (χ3v) is 7.06. The standard InChI is InChI=1S/C33H35N5O7/c39-20-26(37-32(44)22-12-6-2-7-13-22)27(40)16-24-17-35-25(18-34-24)30(42)29(38-33(45)23-14-8-3-9-15-23)28(41)19-36-31(43)21-10-4-1-5-11-21/h1-15,17-18,26-30,39-42H,16,19-20H2,(H,36,43)(H,37,44)(H,38,45)/t26-,27-,28-,29-,30?/m0/s1. The minimum Gasteiger partial charge on any atom is -0.394 e. The Morgan fingerprint density at radius 3 is 1.64 bits per heavy atom. The van der Waals surface area contributed by atoms with Crippen LogP contribution >= 0.6 is 0 Å². The summed E-state index contributed by atoms with van der Waals surface area (Å²) in [4.78, 5) is 46.4. The fourth-order valence-electron chi connectivity index (χ4n) is 4.49. The van der Waals surface area contributed by atoms with Gasteiger partial charge in [-0.05, 0) is 36.4 Å². The number of benzene rings is 3. The zero-order chi connectivity index (χ0) is 32.2. The molecule has 0 aliphatic heterocycles. The van der Waals surface area contributed by atoms with Crippen LogP contribution in [0.5, 0.6) is 0 Å². The molecule has 7 N–H and O–H groups in total. The van der Waals surface area contributed by atoms with Crippen molar-refractivity contribution >= 4 is 17.7 Å². The molecule has 3 amide bonds. The number of hydrogen-bond acceptors (Lipinski definition) is 9. The lowest BCUT2D eigenvalue weighted by Crippen LogP contribution is -2.51. The highest BCUT2D eigenvalue weighted by Gasteiger charge is 2.32. The van der Waals surface area contributed by atoms with Crippen molar-refractivity contribution in [3.63, 3.8) is 0 Å². The zero-order valence-electron chi connectivity index (χ0n) is 24.2. The second-order valence-electron chi connectivity index (χ2n) is 10.3. The van der Waals surface area contributed by atoms with Gasteiger partial charge in [-0.25, -0.2) is 0 Å². The van der Waals surface area contributed by atoms with E-state index in [1.165, 1.54) is 12.4 Å². The van der Waals surface area contributed by atoms with Gasteiger partial charge in [-0.3, -0.25) is 24.4 Å². The Bertz CT molecular complexity index is 1530. The largest absolute Gasteiger partial charge is 0.394 e. The van der Waals surface area contributed by atoms with Crippen molar-refractivity contribution in [3.05, 3.63) is 131 Å². The Hall–Kier alpha value is -5.01. The first-order valence-electron chi connectivity index (χ1n) is 14.3. The van der Waals surface area contributed by atoms with Gasteiger partial charge in [-0.2, -0.15) is 0 Å². The van der Waals surface area contributed by atoms with E-state index < -0.39 is 54.7 Å². The van der Waals surface area contributed by atoms with Crippen LogP contribution in [-0.2, 0) is 6.42 Å². The number of amides is 3. The van der Waals surface area contributed by atoms with Crippen LogP contribution in [-0.4, -0.2) is 85.6 Å². The number of nitrogens with one attached hydrogen (secondary N) is 3. The molecule has 4 aromatic rings. The Labute approximate surface area is 259 Å². The van der Waals surface area contributed by atoms with Gasteiger partial charge in [0.2, 0.25) is 0 Å². The van der Waals surface area contributed by atoms with Gasteiger partial charge in [-0.15, -0.1) is 0 Å². The molecule has 0 aliphatic rings. The van der Waals surface area contributed by atoms with E-state index in [0.29, 0.717) is 22.4 Å². The van der Waals surface area contributed by atoms with Gasteiger partial charge in [-0.1, -0.05) is 54.6 Å². The lowest BCUT2D eigenvalue weighted by molar-refractivity contribution is 0.0316. The summed E-state index contributed by atoms with van der Waals surface area (Å²) in [7, 11) is 0. The molecule has 234 valence electrons. The monoisotopic (exact) mass is 613 g/mol. The molecule has 4 rings (SSSR count). The number of carbonyl (C=O) groups is 3. The fraction of sp³-hybridized carbons (Fsp3) is 0.242. The molecule has 12 heteroatoms. The molecule has 0 saturated carbocycles. The summed E-state index contributed by atoms with van der Waals surface area (Å²) >= 11 is 0. The lowest BCUT2D eigenvalue weighted by Gasteiger charge is -2.28. The SMILES string of the molecule is O=C(NC[C@H](O)[C@H](NC(=O)c1ccccc1)C(O)c1cnc(C[C@H](O)[C@H](CO)NC(=O)c2ccccc2)cn1)c1ccccc1. The van der Waals surface area contributed by atoms with Crippen LogP contribution in [0.1, 0.15) is 48.6 Å². The van der Waals surface area contributed by atoms with Gasteiger partial charge in [0, 0.05) is 35.9 Å². The molecule has 0 radical (unpaired) electrons. The average molecular weight is 614 g/mol. The van der Waals surface area contributed by atoms with E-state index in [9.17, 15) is 34.8 Å². The van der Waals surface area contributed by atoms with Crippen molar-refractivity contribution in [2.75, 3.05) is 13.2 Å². The maximum atomic E-state index is 13.0. The summed E-state index contributed by atoms with van der Waals surface area (Å²) in [5.74, 6) is -1.46. The van der Waals surface area contributed by atoms with Crippen LogP contribution in [0.3, 0.4) is 0 Å². The number of carbonyl (C=O) groups excluding carboxylic acids is 3. The van der Waals surface area contributed by atoms with E-state index in [4.69, 9.17) is 0 Å². The predicted molar refractivity (Wildman–Crippen MR) is 164 cm³/mol. The van der Waals surface area contributed by atoms with Crippen molar-refractivity contribution in [1.82, 2.24) is 25.9 Å². The summed E-state index contributed by atoms with van der Waals surface area (Å²) in [6, 6.07) is 22.7. The van der Waals surface area contributed by atoms with Gasteiger partial charge in [0.15, 0.2) is 0 Å². The zero-order valence-corrected chi connectivity index (χ0v) is 24.2. The molecule has 12 nitrogen and oxygen atoms in total. The molecule has 0 spiro atoms. The maximum Gasteiger partial charge on any atom is 0.251 e.